The fourth-order valence-electron chi connectivity index (χ4n) is 1.11. The number of rotatable bonds is 3. The van der Waals surface area contributed by atoms with Crippen molar-refractivity contribution < 1.29 is 13.2 Å². The van der Waals surface area contributed by atoms with Crippen molar-refractivity contribution in [1.82, 2.24) is 0 Å². The van der Waals surface area contributed by atoms with Gasteiger partial charge in [-0.1, -0.05) is 23.8 Å². The minimum absolute atomic E-state index is 0.111. The Morgan fingerprint density at radius 3 is 2.31 bits per heavy atom. The lowest BCUT2D eigenvalue weighted by molar-refractivity contribution is -0.0328. The molecule has 0 fully saturated rings. The third kappa shape index (κ3) is 4.72. The molecule has 0 aromatic heterocycles. The molecule has 0 aliphatic heterocycles. The minimum atomic E-state index is -4.23. The van der Waals surface area contributed by atoms with Gasteiger partial charge in [0.1, 0.15) is 0 Å². The quantitative estimate of drug-likeness (QED) is 0.825. The van der Waals surface area contributed by atoms with Gasteiger partial charge in [0, 0.05) is 11.4 Å². The van der Waals surface area contributed by atoms with Gasteiger partial charge in [0.05, 0.1) is 0 Å². The zero-order valence-corrected chi connectivity index (χ0v) is 9.53. The van der Waals surface area contributed by atoms with Crippen molar-refractivity contribution in [3.8, 4) is 0 Å². The Bertz CT molecular complexity index is 368. The summed E-state index contributed by atoms with van der Waals surface area (Å²) in [5.41, 5.74) is 3.02. The van der Waals surface area contributed by atoms with Crippen LogP contribution in [0.5, 0.6) is 0 Å². The van der Waals surface area contributed by atoms with Crippen molar-refractivity contribution in [3.05, 3.63) is 35.4 Å². The molecule has 0 saturated heterocycles. The highest BCUT2D eigenvalue weighted by Gasteiger charge is 2.28. The van der Waals surface area contributed by atoms with E-state index < -0.39 is 5.51 Å². The van der Waals surface area contributed by atoms with Crippen LogP contribution >= 0.6 is 11.8 Å². The maximum absolute atomic E-state index is 12.0. The Balaban J connectivity index is 2.76. The highest BCUT2D eigenvalue weighted by Crippen LogP contribution is 2.36. The summed E-state index contributed by atoms with van der Waals surface area (Å²) < 4.78 is 36.1. The van der Waals surface area contributed by atoms with Gasteiger partial charge in [-0.05, 0) is 36.4 Å². The van der Waals surface area contributed by atoms with Crippen molar-refractivity contribution in [3.63, 3.8) is 0 Å². The summed E-state index contributed by atoms with van der Waals surface area (Å²) in [6.45, 7) is 2.32. The second-order valence-electron chi connectivity index (χ2n) is 3.31. The third-order valence-electron chi connectivity index (χ3n) is 1.85. The van der Waals surface area contributed by atoms with Crippen LogP contribution in [0.25, 0.3) is 6.08 Å². The topological polar surface area (TPSA) is 26.0 Å². The normalized spacial score (nSPS) is 12.9. The van der Waals surface area contributed by atoms with E-state index in [2.05, 4.69) is 0 Å². The molecule has 0 radical (unpaired) electrons. The van der Waals surface area contributed by atoms with Crippen molar-refractivity contribution in [2.75, 3.05) is 6.54 Å². The van der Waals surface area contributed by atoms with E-state index in [0.29, 0.717) is 6.54 Å². The molecule has 0 aliphatic rings. The number of thioether (sulfide) groups is 1. The number of alkyl halides is 3. The number of nitrogens with two attached hydrogens (primary N) is 1. The van der Waals surface area contributed by atoms with Gasteiger partial charge in [-0.15, -0.1) is 0 Å². The standard InChI is InChI=1S/C11H12F3NS/c1-8(7-15)6-9-2-4-10(5-3-9)16-11(12,13)14/h2-6H,7,15H2,1H3. The molecule has 1 aromatic rings. The molecule has 1 aromatic carbocycles. The van der Waals surface area contributed by atoms with Crippen LogP contribution in [0.2, 0.25) is 0 Å². The Hall–Kier alpha value is -0.940. The first-order chi connectivity index (χ1) is 7.40. The molecule has 2 N–H and O–H groups in total. The summed E-state index contributed by atoms with van der Waals surface area (Å²) in [6, 6.07) is 6.20. The van der Waals surface area contributed by atoms with Gasteiger partial charge in [-0.25, -0.2) is 0 Å². The van der Waals surface area contributed by atoms with Gasteiger partial charge < -0.3 is 5.73 Å². The first kappa shape index (κ1) is 13.1. The van der Waals surface area contributed by atoms with Crippen molar-refractivity contribution >= 4 is 17.8 Å². The second kappa shape index (κ2) is 5.41. The lowest BCUT2D eigenvalue weighted by atomic mass is 10.1. The smallest absolute Gasteiger partial charge is 0.327 e. The monoisotopic (exact) mass is 247 g/mol. The highest BCUT2D eigenvalue weighted by molar-refractivity contribution is 8.00. The molecule has 0 unspecified atom stereocenters. The fraction of sp³-hybridized carbons (Fsp3) is 0.273. The average molecular weight is 247 g/mol. The Morgan fingerprint density at radius 2 is 1.88 bits per heavy atom. The fourth-order valence-corrected chi connectivity index (χ4v) is 1.65. The summed E-state index contributed by atoms with van der Waals surface area (Å²) in [4.78, 5) is 0.190. The molecule has 0 bridgehead atoms. The number of benzene rings is 1. The maximum Gasteiger partial charge on any atom is 0.446 e. The third-order valence-corrected chi connectivity index (χ3v) is 2.59. The summed E-state index contributed by atoms with van der Waals surface area (Å²) >= 11 is -0.111. The molecule has 5 heteroatoms. The van der Waals surface area contributed by atoms with Gasteiger partial charge in [0.2, 0.25) is 0 Å². The molecule has 88 valence electrons. The molecule has 0 amide bonds. The molecule has 1 rings (SSSR count). The SMILES string of the molecule is CC(=Cc1ccc(SC(F)(F)F)cc1)CN. The van der Waals surface area contributed by atoms with Crippen LogP contribution < -0.4 is 5.73 Å². The average Bonchev–Trinajstić information content (AvgIpc) is 2.18. The van der Waals surface area contributed by atoms with Gasteiger partial charge in [0.25, 0.3) is 0 Å². The number of hydrogen-bond donors (Lipinski definition) is 1. The van der Waals surface area contributed by atoms with Crippen molar-refractivity contribution in [1.29, 1.82) is 0 Å². The molecular weight excluding hydrogens is 235 g/mol. The molecule has 0 heterocycles. The van der Waals surface area contributed by atoms with E-state index >= 15 is 0 Å². The molecule has 1 nitrogen and oxygen atoms in total. The van der Waals surface area contributed by atoms with Crippen LogP contribution in [-0.4, -0.2) is 12.1 Å². The Morgan fingerprint density at radius 1 is 1.31 bits per heavy atom. The van der Waals surface area contributed by atoms with Gasteiger partial charge >= 0.3 is 5.51 Å². The Kier molecular flexibility index (Phi) is 4.44. The lowest BCUT2D eigenvalue weighted by Gasteiger charge is -2.05. The van der Waals surface area contributed by atoms with Crippen LogP contribution in [0.1, 0.15) is 12.5 Å². The largest absolute Gasteiger partial charge is 0.446 e. The van der Waals surface area contributed by atoms with Crippen LogP contribution in [0, 0.1) is 0 Å². The predicted molar refractivity (Wildman–Crippen MR) is 61.1 cm³/mol. The highest BCUT2D eigenvalue weighted by atomic mass is 32.2. The van der Waals surface area contributed by atoms with Crippen molar-refractivity contribution in [2.24, 2.45) is 5.73 Å². The molecule has 0 atom stereocenters. The predicted octanol–water partition coefficient (Wildman–Crippen LogP) is 3.66. The molecule has 0 saturated carbocycles. The summed E-state index contributed by atoms with van der Waals surface area (Å²) in [6.07, 6.45) is 1.85. The first-order valence-corrected chi connectivity index (χ1v) is 5.45. The second-order valence-corrected chi connectivity index (χ2v) is 4.45. The van der Waals surface area contributed by atoms with E-state index in [1.807, 2.05) is 13.0 Å². The van der Waals surface area contributed by atoms with Gasteiger partial charge in [0.15, 0.2) is 0 Å². The number of hydrogen-bond acceptors (Lipinski definition) is 2. The summed E-state index contributed by atoms with van der Waals surface area (Å²) in [5, 5.41) is 0. The van der Waals surface area contributed by atoms with E-state index in [9.17, 15) is 13.2 Å². The van der Waals surface area contributed by atoms with E-state index in [4.69, 9.17) is 5.73 Å². The van der Waals surface area contributed by atoms with Crippen LogP contribution in [0.3, 0.4) is 0 Å². The van der Waals surface area contributed by atoms with E-state index in [1.54, 1.807) is 12.1 Å². The van der Waals surface area contributed by atoms with Gasteiger partial charge in [-0.3, -0.25) is 0 Å². The zero-order valence-electron chi connectivity index (χ0n) is 8.71. The zero-order chi connectivity index (χ0) is 12.2. The van der Waals surface area contributed by atoms with Crippen LogP contribution in [-0.2, 0) is 0 Å². The van der Waals surface area contributed by atoms with E-state index in [1.165, 1.54) is 12.1 Å². The lowest BCUT2D eigenvalue weighted by Crippen LogP contribution is -1.99. The van der Waals surface area contributed by atoms with Gasteiger partial charge in [-0.2, -0.15) is 13.2 Å². The number of halogens is 3. The van der Waals surface area contributed by atoms with E-state index in [-0.39, 0.29) is 16.7 Å². The molecule has 0 aliphatic carbocycles. The molecular formula is C11H12F3NS. The summed E-state index contributed by atoms with van der Waals surface area (Å²) in [5.74, 6) is 0. The van der Waals surface area contributed by atoms with E-state index in [0.717, 1.165) is 11.1 Å². The molecule has 16 heavy (non-hydrogen) atoms. The Labute approximate surface area is 96.5 Å². The summed E-state index contributed by atoms with van der Waals surface area (Å²) in [7, 11) is 0. The van der Waals surface area contributed by atoms with Crippen LogP contribution in [0.4, 0.5) is 13.2 Å². The minimum Gasteiger partial charge on any atom is -0.327 e. The maximum atomic E-state index is 12.0. The molecule has 0 spiro atoms. The first-order valence-electron chi connectivity index (χ1n) is 4.64. The van der Waals surface area contributed by atoms with Crippen LogP contribution in [0.15, 0.2) is 34.7 Å². The van der Waals surface area contributed by atoms with Crippen molar-refractivity contribution in [2.45, 2.75) is 17.3 Å².